The number of hydrogen-bond donors (Lipinski definition) is 2. The van der Waals surface area contributed by atoms with Crippen molar-refractivity contribution in [3.8, 4) is 0 Å². The zero-order valence-electron chi connectivity index (χ0n) is 9.07. The molecule has 2 N–H and O–H groups in total. The minimum absolute atomic E-state index is 0.00403. The lowest BCUT2D eigenvalue weighted by Gasteiger charge is -2.06. The largest absolute Gasteiger partial charge is 0.367 e. The molecular weight excluding hydrogens is 271 g/mol. The van der Waals surface area contributed by atoms with E-state index in [0.29, 0.717) is 13.0 Å². The van der Waals surface area contributed by atoms with E-state index in [1.54, 1.807) is 0 Å². The van der Waals surface area contributed by atoms with Crippen LogP contribution in [0.3, 0.4) is 0 Å². The van der Waals surface area contributed by atoms with Crippen LogP contribution in [0.2, 0.25) is 5.28 Å². The van der Waals surface area contributed by atoms with Crippen LogP contribution < -0.4 is 10.0 Å². The van der Waals surface area contributed by atoms with E-state index in [2.05, 4.69) is 20.0 Å². The van der Waals surface area contributed by atoms with Gasteiger partial charge in [-0.25, -0.2) is 22.5 Å². The molecule has 1 heterocycles. The van der Waals surface area contributed by atoms with Gasteiger partial charge in [0.1, 0.15) is 0 Å². The first-order valence-electron chi connectivity index (χ1n) is 4.75. The van der Waals surface area contributed by atoms with Gasteiger partial charge in [0, 0.05) is 13.1 Å². The highest BCUT2D eigenvalue weighted by Gasteiger charge is 2.05. The van der Waals surface area contributed by atoms with Crippen LogP contribution >= 0.6 is 11.6 Å². The van der Waals surface area contributed by atoms with Crippen molar-refractivity contribution in [3.05, 3.63) is 17.3 Å². The van der Waals surface area contributed by atoms with Gasteiger partial charge < -0.3 is 5.32 Å². The van der Waals surface area contributed by atoms with Crippen LogP contribution in [0.15, 0.2) is 6.20 Å². The summed E-state index contributed by atoms with van der Waals surface area (Å²) in [4.78, 5) is 7.11. The third-order valence-corrected chi connectivity index (χ3v) is 2.64. The van der Waals surface area contributed by atoms with E-state index in [1.807, 2.05) is 0 Å². The Morgan fingerprint density at radius 2 is 2.18 bits per heavy atom. The quantitative estimate of drug-likeness (QED) is 0.590. The summed E-state index contributed by atoms with van der Waals surface area (Å²) in [5.74, 6) is -0.602. The summed E-state index contributed by atoms with van der Waals surface area (Å²) in [7, 11) is -3.18. The number of rotatable bonds is 6. The molecule has 6 nitrogen and oxygen atoms in total. The molecule has 1 rings (SSSR count). The maximum absolute atomic E-state index is 13.1. The molecule has 1 aromatic rings. The van der Waals surface area contributed by atoms with E-state index < -0.39 is 15.8 Å². The summed E-state index contributed by atoms with van der Waals surface area (Å²) in [6, 6.07) is 0. The van der Waals surface area contributed by atoms with Crippen molar-refractivity contribution in [1.82, 2.24) is 14.7 Å². The molecule has 17 heavy (non-hydrogen) atoms. The fourth-order valence-corrected chi connectivity index (χ4v) is 1.67. The number of nitrogens with zero attached hydrogens (tertiary/aromatic N) is 2. The third kappa shape index (κ3) is 5.76. The van der Waals surface area contributed by atoms with E-state index in [1.165, 1.54) is 0 Å². The van der Waals surface area contributed by atoms with Gasteiger partial charge >= 0.3 is 0 Å². The van der Waals surface area contributed by atoms with Gasteiger partial charge in [-0.2, -0.15) is 4.98 Å². The van der Waals surface area contributed by atoms with Crippen molar-refractivity contribution in [2.24, 2.45) is 0 Å². The molecule has 0 aliphatic heterocycles. The van der Waals surface area contributed by atoms with Crippen molar-refractivity contribution in [1.29, 1.82) is 0 Å². The molecular formula is C8H12ClFN4O2S. The first-order valence-corrected chi connectivity index (χ1v) is 7.02. The van der Waals surface area contributed by atoms with Gasteiger partial charge in [-0.1, -0.05) is 0 Å². The Balaban J connectivity index is 2.34. The van der Waals surface area contributed by atoms with E-state index >= 15 is 0 Å². The van der Waals surface area contributed by atoms with Crippen molar-refractivity contribution in [2.45, 2.75) is 6.42 Å². The zero-order chi connectivity index (χ0) is 12.9. The Morgan fingerprint density at radius 3 is 2.82 bits per heavy atom. The third-order valence-electron chi connectivity index (χ3n) is 1.72. The Kier molecular flexibility index (Phi) is 5.03. The van der Waals surface area contributed by atoms with Crippen molar-refractivity contribution in [3.63, 3.8) is 0 Å². The van der Waals surface area contributed by atoms with Gasteiger partial charge in [-0.3, -0.25) is 0 Å². The second-order valence-electron chi connectivity index (χ2n) is 3.28. The normalized spacial score (nSPS) is 11.5. The summed E-state index contributed by atoms with van der Waals surface area (Å²) < 4.78 is 36.9. The highest BCUT2D eigenvalue weighted by atomic mass is 35.5. The summed E-state index contributed by atoms with van der Waals surface area (Å²) in [5.41, 5.74) is 0. The Hall–Kier alpha value is -0.990. The summed E-state index contributed by atoms with van der Waals surface area (Å²) in [5, 5.41) is 2.64. The van der Waals surface area contributed by atoms with E-state index in [-0.39, 0.29) is 17.6 Å². The van der Waals surface area contributed by atoms with Crippen LogP contribution in [0.4, 0.5) is 10.2 Å². The number of anilines is 1. The number of aromatic nitrogens is 2. The highest BCUT2D eigenvalue weighted by molar-refractivity contribution is 7.88. The molecule has 0 aliphatic rings. The SMILES string of the molecule is CS(=O)(=O)NCCCNc1nc(Cl)ncc1F. The van der Waals surface area contributed by atoms with Gasteiger partial charge in [-0.05, 0) is 18.0 Å². The first-order chi connectivity index (χ1) is 7.88. The van der Waals surface area contributed by atoms with Crippen molar-refractivity contribution >= 4 is 27.4 Å². The van der Waals surface area contributed by atoms with Crippen molar-refractivity contribution in [2.75, 3.05) is 24.7 Å². The van der Waals surface area contributed by atoms with Crippen LogP contribution in [0.25, 0.3) is 0 Å². The Morgan fingerprint density at radius 1 is 1.47 bits per heavy atom. The average Bonchev–Trinajstić information content (AvgIpc) is 2.21. The lowest BCUT2D eigenvalue weighted by atomic mass is 10.4. The minimum atomic E-state index is -3.18. The van der Waals surface area contributed by atoms with Crippen molar-refractivity contribution < 1.29 is 12.8 Å². The highest BCUT2D eigenvalue weighted by Crippen LogP contribution is 2.11. The predicted octanol–water partition coefficient (Wildman–Crippen LogP) is 0.620. The fourth-order valence-electron chi connectivity index (χ4n) is 1.02. The molecule has 0 aromatic carbocycles. The molecule has 0 fully saturated rings. The number of sulfonamides is 1. The summed E-state index contributed by atoms with van der Waals surface area (Å²) >= 11 is 5.50. The average molecular weight is 283 g/mol. The topological polar surface area (TPSA) is 84.0 Å². The van der Waals surface area contributed by atoms with E-state index in [4.69, 9.17) is 11.6 Å². The van der Waals surface area contributed by atoms with Gasteiger partial charge in [0.25, 0.3) is 0 Å². The van der Waals surface area contributed by atoms with Gasteiger partial charge in [0.15, 0.2) is 11.6 Å². The molecule has 0 saturated heterocycles. The molecule has 0 amide bonds. The number of hydrogen-bond acceptors (Lipinski definition) is 5. The maximum atomic E-state index is 13.1. The lowest BCUT2D eigenvalue weighted by molar-refractivity contribution is 0.585. The molecule has 96 valence electrons. The van der Waals surface area contributed by atoms with Crippen LogP contribution in [-0.2, 0) is 10.0 Å². The molecule has 0 unspecified atom stereocenters. The standard InChI is InChI=1S/C8H12ClFN4O2S/c1-17(15,16)13-4-2-3-11-7-6(10)5-12-8(9)14-7/h5,13H,2-4H2,1H3,(H,11,12,14). The van der Waals surface area contributed by atoms with Crippen LogP contribution in [0.1, 0.15) is 6.42 Å². The van der Waals surface area contributed by atoms with Crippen LogP contribution in [0, 0.1) is 5.82 Å². The second-order valence-corrected chi connectivity index (χ2v) is 5.45. The Bertz CT molecular complexity index is 482. The fraction of sp³-hybridized carbons (Fsp3) is 0.500. The lowest BCUT2D eigenvalue weighted by Crippen LogP contribution is -2.24. The smallest absolute Gasteiger partial charge is 0.224 e. The second kappa shape index (κ2) is 6.08. The molecule has 0 aliphatic carbocycles. The van der Waals surface area contributed by atoms with Gasteiger partial charge in [0.05, 0.1) is 12.5 Å². The molecule has 9 heteroatoms. The summed E-state index contributed by atoms with van der Waals surface area (Å²) in [6.07, 6.45) is 2.53. The summed E-state index contributed by atoms with van der Waals surface area (Å²) in [6.45, 7) is 0.638. The molecule has 0 atom stereocenters. The Labute approximate surface area is 104 Å². The maximum Gasteiger partial charge on any atom is 0.224 e. The van der Waals surface area contributed by atoms with Gasteiger partial charge in [0.2, 0.25) is 15.3 Å². The minimum Gasteiger partial charge on any atom is -0.367 e. The molecule has 0 saturated carbocycles. The zero-order valence-corrected chi connectivity index (χ0v) is 10.6. The first kappa shape index (κ1) is 14.1. The van der Waals surface area contributed by atoms with Gasteiger partial charge in [-0.15, -0.1) is 0 Å². The van der Waals surface area contributed by atoms with Crippen LogP contribution in [-0.4, -0.2) is 37.7 Å². The molecule has 0 radical (unpaired) electrons. The van der Waals surface area contributed by atoms with E-state index in [9.17, 15) is 12.8 Å². The monoisotopic (exact) mass is 282 g/mol. The predicted molar refractivity (Wildman–Crippen MR) is 63.0 cm³/mol. The van der Waals surface area contributed by atoms with Crippen LogP contribution in [0.5, 0.6) is 0 Å². The number of halogens is 2. The molecule has 1 aromatic heterocycles. The molecule has 0 bridgehead atoms. The van der Waals surface area contributed by atoms with E-state index in [0.717, 1.165) is 12.5 Å². The molecule has 0 spiro atoms. The number of nitrogens with one attached hydrogen (secondary N) is 2.